The fourth-order valence-electron chi connectivity index (χ4n) is 6.29. The molecule has 0 aromatic carbocycles. The molecule has 2 aliphatic carbocycles. The van der Waals surface area contributed by atoms with Gasteiger partial charge in [-0.25, -0.2) is 15.0 Å². The Kier molecular flexibility index (Phi) is 7.44. The SMILES string of the molecule is CCNC(=O)[C@@H]1CC[C@H](n2cnc3c(N)nc(C#CC(O)(C4CCCCC4)C4CCCCC4)nc32)O1. The maximum absolute atomic E-state index is 12.2. The molecule has 0 bridgehead atoms. The molecule has 1 saturated heterocycles. The number of anilines is 1. The fraction of sp³-hybridized carbons (Fsp3) is 0.704. The molecule has 2 aromatic rings. The average Bonchev–Trinajstić information content (AvgIpc) is 3.56. The number of carbonyl (C=O) groups excluding carboxylic acids is 1. The van der Waals surface area contributed by atoms with Crippen LogP contribution in [0.1, 0.15) is 96.0 Å². The summed E-state index contributed by atoms with van der Waals surface area (Å²) in [5, 5.41) is 14.8. The number of nitrogens with zero attached hydrogens (tertiary/aromatic N) is 4. The summed E-state index contributed by atoms with van der Waals surface area (Å²) in [6.07, 6.45) is 13.2. The Labute approximate surface area is 212 Å². The molecule has 9 nitrogen and oxygen atoms in total. The summed E-state index contributed by atoms with van der Waals surface area (Å²) in [6.45, 7) is 2.46. The van der Waals surface area contributed by atoms with E-state index in [1.165, 1.54) is 12.8 Å². The number of amides is 1. The van der Waals surface area contributed by atoms with Gasteiger partial charge in [0, 0.05) is 6.54 Å². The molecular weight excluding hydrogens is 456 g/mol. The van der Waals surface area contributed by atoms with E-state index in [1.807, 2.05) is 11.5 Å². The van der Waals surface area contributed by atoms with Crippen LogP contribution in [0.4, 0.5) is 5.82 Å². The van der Waals surface area contributed by atoms with E-state index in [0.717, 1.165) is 51.4 Å². The smallest absolute Gasteiger partial charge is 0.249 e. The zero-order chi connectivity index (χ0) is 25.1. The molecule has 4 N–H and O–H groups in total. The van der Waals surface area contributed by atoms with Crippen LogP contribution in [0.2, 0.25) is 0 Å². The first-order valence-electron chi connectivity index (χ1n) is 13.7. The summed E-state index contributed by atoms with van der Waals surface area (Å²) >= 11 is 0. The Morgan fingerprint density at radius 3 is 2.42 bits per heavy atom. The maximum Gasteiger partial charge on any atom is 0.249 e. The molecule has 3 aliphatic rings. The van der Waals surface area contributed by atoms with Gasteiger partial charge in [0.1, 0.15) is 23.4 Å². The van der Waals surface area contributed by atoms with Crippen molar-refractivity contribution in [2.24, 2.45) is 11.8 Å². The molecule has 0 radical (unpaired) electrons. The number of imidazole rings is 1. The average molecular weight is 495 g/mol. The van der Waals surface area contributed by atoms with Gasteiger partial charge in [-0.15, -0.1) is 0 Å². The van der Waals surface area contributed by atoms with Crippen LogP contribution in [0.5, 0.6) is 0 Å². The van der Waals surface area contributed by atoms with Crippen molar-refractivity contribution in [2.45, 2.75) is 102 Å². The zero-order valence-electron chi connectivity index (χ0n) is 21.2. The highest BCUT2D eigenvalue weighted by atomic mass is 16.5. The van der Waals surface area contributed by atoms with Crippen LogP contribution in [0, 0.1) is 23.7 Å². The molecule has 1 amide bonds. The first-order chi connectivity index (χ1) is 17.5. The number of aromatic nitrogens is 4. The molecule has 0 spiro atoms. The van der Waals surface area contributed by atoms with Gasteiger partial charge in [0.15, 0.2) is 11.5 Å². The minimum absolute atomic E-state index is 0.102. The van der Waals surface area contributed by atoms with Crippen molar-refractivity contribution in [3.63, 3.8) is 0 Å². The van der Waals surface area contributed by atoms with E-state index in [4.69, 9.17) is 10.5 Å². The molecule has 0 unspecified atom stereocenters. The van der Waals surface area contributed by atoms with E-state index in [9.17, 15) is 9.90 Å². The van der Waals surface area contributed by atoms with Gasteiger partial charge < -0.3 is 20.9 Å². The lowest BCUT2D eigenvalue weighted by Crippen LogP contribution is -2.45. The van der Waals surface area contributed by atoms with Crippen LogP contribution in [0.15, 0.2) is 6.33 Å². The van der Waals surface area contributed by atoms with Crippen molar-refractivity contribution >= 4 is 22.9 Å². The fourth-order valence-corrected chi connectivity index (χ4v) is 6.29. The Morgan fingerprint density at radius 1 is 1.11 bits per heavy atom. The van der Waals surface area contributed by atoms with Gasteiger partial charge in [-0.3, -0.25) is 9.36 Å². The molecule has 2 aromatic heterocycles. The molecule has 194 valence electrons. The Bertz CT molecular complexity index is 1120. The number of hydrogen-bond acceptors (Lipinski definition) is 7. The number of likely N-dealkylation sites (N-methyl/N-ethyl adjacent to an activating group) is 1. The van der Waals surface area contributed by atoms with Crippen LogP contribution in [-0.2, 0) is 9.53 Å². The lowest BCUT2D eigenvalue weighted by molar-refractivity contribution is -0.133. The van der Waals surface area contributed by atoms with Gasteiger partial charge in [-0.05, 0) is 63.2 Å². The Morgan fingerprint density at radius 2 is 1.78 bits per heavy atom. The quantitative estimate of drug-likeness (QED) is 0.543. The summed E-state index contributed by atoms with van der Waals surface area (Å²) in [7, 11) is 0. The van der Waals surface area contributed by atoms with Crippen LogP contribution < -0.4 is 11.1 Å². The molecular formula is C27H38N6O3. The second kappa shape index (κ2) is 10.7. The third-order valence-electron chi connectivity index (χ3n) is 8.23. The van der Waals surface area contributed by atoms with Gasteiger partial charge >= 0.3 is 0 Å². The van der Waals surface area contributed by atoms with Crippen molar-refractivity contribution in [3.8, 4) is 11.8 Å². The standard InChI is InChI=1S/C27H38N6O3/c1-2-29-26(34)20-13-14-22(36-20)33-17-30-23-24(28)31-21(32-25(23)33)15-16-27(35,18-9-5-3-6-10-18)19-11-7-4-8-12-19/h17-20,22,35H,2-14H2,1H3,(H,29,34)(H2,28,31,32)/t20-,22+/m0/s1. The summed E-state index contributed by atoms with van der Waals surface area (Å²) in [5.41, 5.74) is 6.24. The lowest BCUT2D eigenvalue weighted by atomic mass is 9.66. The summed E-state index contributed by atoms with van der Waals surface area (Å²) in [6, 6.07) is 0. The van der Waals surface area contributed by atoms with Gasteiger partial charge in [-0.2, -0.15) is 0 Å². The monoisotopic (exact) mass is 494 g/mol. The van der Waals surface area contributed by atoms with E-state index in [-0.39, 0.29) is 35.6 Å². The minimum atomic E-state index is -1.03. The number of aliphatic hydroxyl groups is 1. The van der Waals surface area contributed by atoms with E-state index in [2.05, 4.69) is 32.1 Å². The predicted molar refractivity (Wildman–Crippen MR) is 137 cm³/mol. The van der Waals surface area contributed by atoms with E-state index in [0.29, 0.717) is 30.6 Å². The molecule has 2 atom stereocenters. The van der Waals surface area contributed by atoms with E-state index in [1.54, 1.807) is 6.33 Å². The Balaban J connectivity index is 1.44. The van der Waals surface area contributed by atoms with Gasteiger partial charge in [0.2, 0.25) is 11.7 Å². The number of nitrogens with two attached hydrogens (primary N) is 1. The number of carbonyl (C=O) groups is 1. The second-order valence-corrected chi connectivity index (χ2v) is 10.6. The first kappa shape index (κ1) is 25.0. The molecule has 36 heavy (non-hydrogen) atoms. The molecule has 5 rings (SSSR count). The highest BCUT2D eigenvalue weighted by Gasteiger charge is 2.43. The second-order valence-electron chi connectivity index (χ2n) is 10.6. The maximum atomic E-state index is 12.2. The number of nitrogens with one attached hydrogen (secondary N) is 1. The Hall–Kier alpha value is -2.70. The van der Waals surface area contributed by atoms with Crippen molar-refractivity contribution in [1.82, 2.24) is 24.8 Å². The molecule has 3 fully saturated rings. The lowest BCUT2D eigenvalue weighted by Gasteiger charge is -2.42. The largest absolute Gasteiger partial charge is 0.382 e. The van der Waals surface area contributed by atoms with Gasteiger partial charge in [0.25, 0.3) is 0 Å². The van der Waals surface area contributed by atoms with Crippen LogP contribution in [-0.4, -0.2) is 48.8 Å². The number of rotatable bonds is 5. The van der Waals surface area contributed by atoms with Crippen molar-refractivity contribution < 1.29 is 14.6 Å². The minimum Gasteiger partial charge on any atom is -0.382 e. The molecule has 3 heterocycles. The summed E-state index contributed by atoms with van der Waals surface area (Å²) < 4.78 is 7.83. The third-order valence-corrected chi connectivity index (χ3v) is 8.23. The number of hydrogen-bond donors (Lipinski definition) is 3. The van der Waals surface area contributed by atoms with E-state index < -0.39 is 11.7 Å². The highest BCUT2D eigenvalue weighted by molar-refractivity contribution is 5.82. The molecule has 1 aliphatic heterocycles. The van der Waals surface area contributed by atoms with Crippen LogP contribution in [0.25, 0.3) is 11.2 Å². The first-order valence-corrected chi connectivity index (χ1v) is 13.7. The van der Waals surface area contributed by atoms with Crippen LogP contribution >= 0.6 is 0 Å². The molecule has 2 saturated carbocycles. The summed E-state index contributed by atoms with van der Waals surface area (Å²) in [4.78, 5) is 25.7. The normalized spacial score (nSPS) is 23.9. The molecule has 9 heteroatoms. The van der Waals surface area contributed by atoms with Crippen molar-refractivity contribution in [1.29, 1.82) is 0 Å². The predicted octanol–water partition coefficient (Wildman–Crippen LogP) is 3.47. The van der Waals surface area contributed by atoms with Gasteiger partial charge in [0.05, 0.1) is 6.33 Å². The number of ether oxygens (including phenoxy) is 1. The van der Waals surface area contributed by atoms with Crippen LogP contribution in [0.3, 0.4) is 0 Å². The number of fused-ring (bicyclic) bond motifs is 1. The van der Waals surface area contributed by atoms with Gasteiger partial charge in [-0.1, -0.05) is 44.4 Å². The zero-order valence-corrected chi connectivity index (χ0v) is 21.2. The third kappa shape index (κ3) is 4.94. The van der Waals surface area contributed by atoms with Crippen molar-refractivity contribution in [2.75, 3.05) is 12.3 Å². The topological polar surface area (TPSA) is 128 Å². The highest BCUT2D eigenvalue weighted by Crippen LogP contribution is 2.42. The van der Waals surface area contributed by atoms with E-state index >= 15 is 0 Å². The van der Waals surface area contributed by atoms with Crippen molar-refractivity contribution in [3.05, 3.63) is 12.2 Å². The number of nitrogen functional groups attached to an aromatic ring is 1. The summed E-state index contributed by atoms with van der Waals surface area (Å²) in [5.74, 6) is 7.19.